The number of nitrogens with zero attached hydrogens (tertiary/aromatic N) is 4. The summed E-state index contributed by atoms with van der Waals surface area (Å²) in [4.78, 5) is 29.0. The predicted octanol–water partition coefficient (Wildman–Crippen LogP) is 4.42. The van der Waals surface area contributed by atoms with E-state index in [2.05, 4.69) is 20.7 Å². The average Bonchev–Trinajstić information content (AvgIpc) is 3.46. The van der Waals surface area contributed by atoms with Crippen LogP contribution >= 0.6 is 11.6 Å². The van der Waals surface area contributed by atoms with Crippen molar-refractivity contribution in [2.24, 2.45) is 13.0 Å². The third-order valence-electron chi connectivity index (χ3n) is 5.28. The van der Waals surface area contributed by atoms with Gasteiger partial charge in [0.15, 0.2) is 5.82 Å². The molecule has 10 heteroatoms. The van der Waals surface area contributed by atoms with E-state index >= 15 is 0 Å². The van der Waals surface area contributed by atoms with Gasteiger partial charge >= 0.3 is 0 Å². The van der Waals surface area contributed by atoms with Crippen LogP contribution in [0.4, 0.5) is 11.5 Å². The van der Waals surface area contributed by atoms with E-state index in [-0.39, 0.29) is 17.7 Å². The summed E-state index contributed by atoms with van der Waals surface area (Å²) < 4.78 is 9.27. The molecular weight excluding hydrogens is 444 g/mol. The van der Waals surface area contributed by atoms with Crippen LogP contribution in [0, 0.1) is 12.8 Å². The van der Waals surface area contributed by atoms with Crippen LogP contribution < -0.4 is 15.4 Å². The number of hydrogen-bond acceptors (Lipinski definition) is 5. The number of hydrogen-bond donors (Lipinski definition) is 2. The van der Waals surface area contributed by atoms with Gasteiger partial charge in [0, 0.05) is 19.0 Å². The fourth-order valence-corrected chi connectivity index (χ4v) is 3.64. The summed E-state index contributed by atoms with van der Waals surface area (Å²) in [5, 5.41) is 10.2. The van der Waals surface area contributed by atoms with Crippen molar-refractivity contribution in [1.82, 2.24) is 19.2 Å². The molecule has 1 aliphatic carbocycles. The molecule has 1 aliphatic rings. The molecule has 0 bridgehead atoms. The van der Waals surface area contributed by atoms with Crippen LogP contribution in [0.25, 0.3) is 5.65 Å². The van der Waals surface area contributed by atoms with Crippen molar-refractivity contribution in [2.75, 3.05) is 10.6 Å². The Morgan fingerprint density at radius 2 is 1.88 bits per heavy atom. The van der Waals surface area contributed by atoms with Crippen molar-refractivity contribution in [3.05, 3.63) is 65.2 Å². The SMILES string of the molecule is Cc1cc(C(=O)Nc2cc(Oc3ccc4nc(NC(=O)C5CC5)cn4c3)ccc2Cl)n(C)n1. The first kappa shape index (κ1) is 21.0. The van der Waals surface area contributed by atoms with Crippen LogP contribution in [0.2, 0.25) is 5.02 Å². The van der Waals surface area contributed by atoms with Gasteiger partial charge in [-0.1, -0.05) is 11.6 Å². The summed E-state index contributed by atoms with van der Waals surface area (Å²) in [6, 6.07) is 10.3. The number of halogens is 1. The monoisotopic (exact) mass is 464 g/mol. The Kier molecular flexibility index (Phi) is 5.26. The highest BCUT2D eigenvalue weighted by molar-refractivity contribution is 6.34. The van der Waals surface area contributed by atoms with Crippen molar-refractivity contribution in [2.45, 2.75) is 19.8 Å². The lowest BCUT2D eigenvalue weighted by Crippen LogP contribution is -2.16. The highest BCUT2D eigenvalue weighted by atomic mass is 35.5. The zero-order valence-electron chi connectivity index (χ0n) is 18.0. The summed E-state index contributed by atoms with van der Waals surface area (Å²) in [5.41, 5.74) is 2.27. The molecule has 1 fully saturated rings. The maximum atomic E-state index is 12.6. The fourth-order valence-electron chi connectivity index (χ4n) is 3.48. The van der Waals surface area contributed by atoms with Gasteiger partial charge in [-0.05, 0) is 50.1 Å². The van der Waals surface area contributed by atoms with Crippen molar-refractivity contribution >= 4 is 40.6 Å². The highest BCUT2D eigenvalue weighted by Crippen LogP contribution is 2.32. The third-order valence-corrected chi connectivity index (χ3v) is 5.61. The predicted molar refractivity (Wildman–Crippen MR) is 124 cm³/mol. The molecule has 2 N–H and O–H groups in total. The van der Waals surface area contributed by atoms with E-state index in [9.17, 15) is 9.59 Å². The normalized spacial score (nSPS) is 13.2. The molecule has 0 atom stereocenters. The first-order valence-electron chi connectivity index (χ1n) is 10.4. The molecule has 0 radical (unpaired) electrons. The molecule has 0 spiro atoms. The summed E-state index contributed by atoms with van der Waals surface area (Å²) in [6.45, 7) is 1.82. The van der Waals surface area contributed by atoms with E-state index in [0.29, 0.717) is 39.4 Å². The Labute approximate surface area is 194 Å². The summed E-state index contributed by atoms with van der Waals surface area (Å²) in [5.74, 6) is 1.35. The van der Waals surface area contributed by atoms with Crippen LogP contribution in [-0.4, -0.2) is 31.0 Å². The second kappa shape index (κ2) is 8.25. The number of benzene rings is 1. The van der Waals surface area contributed by atoms with Gasteiger partial charge in [0.05, 0.1) is 28.8 Å². The third kappa shape index (κ3) is 4.54. The van der Waals surface area contributed by atoms with Crippen molar-refractivity contribution in [1.29, 1.82) is 0 Å². The molecule has 9 nitrogen and oxygen atoms in total. The number of aryl methyl sites for hydroxylation is 2. The van der Waals surface area contributed by atoms with E-state index in [1.54, 1.807) is 60.2 Å². The van der Waals surface area contributed by atoms with Gasteiger partial charge in [-0.3, -0.25) is 14.3 Å². The molecule has 5 rings (SSSR count). The quantitative estimate of drug-likeness (QED) is 0.439. The van der Waals surface area contributed by atoms with E-state index in [0.717, 1.165) is 18.5 Å². The van der Waals surface area contributed by atoms with Crippen molar-refractivity contribution in [3.63, 3.8) is 0 Å². The summed E-state index contributed by atoms with van der Waals surface area (Å²) in [6.07, 6.45) is 5.37. The lowest BCUT2D eigenvalue weighted by molar-refractivity contribution is -0.117. The number of anilines is 2. The summed E-state index contributed by atoms with van der Waals surface area (Å²) >= 11 is 6.29. The van der Waals surface area contributed by atoms with E-state index in [1.807, 2.05) is 6.92 Å². The number of nitrogens with one attached hydrogen (secondary N) is 2. The average molecular weight is 465 g/mol. The first-order valence-corrected chi connectivity index (χ1v) is 10.8. The molecule has 4 aromatic rings. The van der Waals surface area contributed by atoms with Gasteiger partial charge in [-0.25, -0.2) is 4.98 Å². The topological polar surface area (TPSA) is 103 Å². The van der Waals surface area contributed by atoms with Gasteiger partial charge in [0.2, 0.25) is 5.91 Å². The maximum Gasteiger partial charge on any atom is 0.273 e. The van der Waals surface area contributed by atoms with E-state index < -0.39 is 0 Å². The molecule has 1 aromatic carbocycles. The number of rotatable bonds is 6. The minimum atomic E-state index is -0.322. The molecule has 0 saturated heterocycles. The molecule has 3 aromatic heterocycles. The largest absolute Gasteiger partial charge is 0.456 e. The fraction of sp³-hybridized carbons (Fsp3) is 0.217. The number of carbonyl (C=O) groups excluding carboxylic acids is 2. The highest BCUT2D eigenvalue weighted by Gasteiger charge is 2.30. The molecule has 1 saturated carbocycles. The van der Waals surface area contributed by atoms with Crippen molar-refractivity contribution < 1.29 is 14.3 Å². The van der Waals surface area contributed by atoms with Crippen LogP contribution in [0.3, 0.4) is 0 Å². The van der Waals surface area contributed by atoms with Gasteiger partial charge in [-0.15, -0.1) is 0 Å². The number of imidazole rings is 1. The molecule has 33 heavy (non-hydrogen) atoms. The number of amides is 2. The van der Waals surface area contributed by atoms with Crippen molar-refractivity contribution in [3.8, 4) is 11.5 Å². The standard InChI is InChI=1S/C23H21ClN6O3/c1-13-9-19(29(2)28-13)23(32)25-18-10-15(5-7-17(18)24)33-16-6-8-21-26-20(12-30(21)11-16)27-22(31)14-3-4-14/h5-12,14H,3-4H2,1-2H3,(H,25,32)(H,27,31). The molecule has 0 aliphatic heterocycles. The lowest BCUT2D eigenvalue weighted by atomic mass is 10.2. The Morgan fingerprint density at radius 1 is 1.09 bits per heavy atom. The Balaban J connectivity index is 1.32. The molecule has 2 amide bonds. The minimum absolute atomic E-state index is 0.00639. The zero-order chi connectivity index (χ0) is 23.1. The Bertz CT molecular complexity index is 1390. The zero-order valence-corrected chi connectivity index (χ0v) is 18.8. The second-order valence-corrected chi connectivity index (χ2v) is 8.42. The number of carbonyl (C=O) groups is 2. The molecule has 0 unspecified atom stereocenters. The van der Waals surface area contributed by atoms with Gasteiger partial charge in [0.1, 0.15) is 22.8 Å². The van der Waals surface area contributed by atoms with E-state index in [1.165, 1.54) is 4.68 Å². The van der Waals surface area contributed by atoms with Gasteiger partial charge < -0.3 is 19.8 Å². The molecule has 3 heterocycles. The Hall–Kier alpha value is -3.85. The summed E-state index contributed by atoms with van der Waals surface area (Å²) in [7, 11) is 1.71. The number of fused-ring (bicyclic) bond motifs is 1. The van der Waals surface area contributed by atoms with Gasteiger partial charge in [0.25, 0.3) is 5.91 Å². The number of pyridine rings is 1. The number of aromatic nitrogens is 4. The maximum absolute atomic E-state index is 12.6. The molecular formula is C23H21ClN6O3. The van der Waals surface area contributed by atoms with Crippen LogP contribution in [0.15, 0.2) is 48.8 Å². The van der Waals surface area contributed by atoms with Crippen LogP contribution in [0.1, 0.15) is 29.0 Å². The lowest BCUT2D eigenvalue weighted by Gasteiger charge is -2.11. The second-order valence-electron chi connectivity index (χ2n) is 8.01. The van der Waals surface area contributed by atoms with Crippen LogP contribution in [0.5, 0.6) is 11.5 Å². The molecule has 168 valence electrons. The number of ether oxygens (including phenoxy) is 1. The smallest absolute Gasteiger partial charge is 0.273 e. The van der Waals surface area contributed by atoms with E-state index in [4.69, 9.17) is 16.3 Å². The van der Waals surface area contributed by atoms with Gasteiger partial charge in [-0.2, -0.15) is 5.10 Å². The van der Waals surface area contributed by atoms with Crippen LogP contribution in [-0.2, 0) is 11.8 Å². The minimum Gasteiger partial charge on any atom is -0.456 e. The first-order chi connectivity index (χ1) is 15.9. The Morgan fingerprint density at radius 3 is 2.61 bits per heavy atom.